The molecule has 1 aliphatic heterocycles. The van der Waals surface area contributed by atoms with Crippen molar-refractivity contribution in [1.82, 2.24) is 15.4 Å². The molecular formula is C29H39N5O3S. The van der Waals surface area contributed by atoms with Crippen molar-refractivity contribution in [2.24, 2.45) is 0 Å². The summed E-state index contributed by atoms with van der Waals surface area (Å²) in [7, 11) is 2.17. The molecule has 204 valence electrons. The maximum atomic E-state index is 9.82. The van der Waals surface area contributed by atoms with Gasteiger partial charge >= 0.3 is 0 Å². The van der Waals surface area contributed by atoms with Gasteiger partial charge in [-0.15, -0.1) is 11.3 Å². The van der Waals surface area contributed by atoms with Crippen LogP contribution in [0.25, 0.3) is 11.3 Å². The second-order valence-electron chi connectivity index (χ2n) is 9.93. The molecule has 4 rings (SSSR count). The molecule has 0 spiro atoms. The van der Waals surface area contributed by atoms with Crippen LogP contribution in [0.4, 0.5) is 5.13 Å². The molecule has 3 N–H and O–H groups in total. The summed E-state index contributed by atoms with van der Waals surface area (Å²) in [6.07, 6.45) is 0.994. The second-order valence-corrected chi connectivity index (χ2v) is 10.9. The highest BCUT2D eigenvalue weighted by Crippen LogP contribution is 2.38. The molecule has 38 heavy (non-hydrogen) atoms. The number of piperazine rings is 1. The lowest BCUT2D eigenvalue weighted by molar-refractivity contribution is 0.0615. The molecule has 0 radical (unpaired) electrons. The maximum Gasteiger partial charge on any atom is 0.186 e. The number of hydroxylamine groups is 1. The van der Waals surface area contributed by atoms with Crippen LogP contribution in [0.15, 0.2) is 54.6 Å². The molecular weight excluding hydrogens is 498 g/mol. The Bertz CT molecular complexity index is 1140. The third kappa shape index (κ3) is 7.54. The summed E-state index contributed by atoms with van der Waals surface area (Å²) >= 11 is 1.80. The summed E-state index contributed by atoms with van der Waals surface area (Å²) in [4.78, 5) is 16.5. The van der Waals surface area contributed by atoms with E-state index >= 15 is 0 Å². The van der Waals surface area contributed by atoms with Gasteiger partial charge in [0.15, 0.2) is 5.13 Å². The zero-order chi connectivity index (χ0) is 26.9. The van der Waals surface area contributed by atoms with Crippen LogP contribution in [-0.4, -0.2) is 73.4 Å². The van der Waals surface area contributed by atoms with Crippen LogP contribution in [0.3, 0.4) is 0 Å². The first-order valence-corrected chi connectivity index (χ1v) is 14.1. The molecule has 1 fully saturated rings. The predicted octanol–water partition coefficient (Wildman–Crippen LogP) is 4.75. The van der Waals surface area contributed by atoms with Crippen LogP contribution in [0.2, 0.25) is 0 Å². The quantitative estimate of drug-likeness (QED) is 0.133. The molecule has 2 aromatic carbocycles. The number of nitrogens with zero attached hydrogens (tertiary/aromatic N) is 3. The fourth-order valence-electron chi connectivity index (χ4n) is 4.29. The number of nitrogens with one attached hydrogen (secondary N) is 2. The Morgan fingerprint density at radius 3 is 2.45 bits per heavy atom. The summed E-state index contributed by atoms with van der Waals surface area (Å²) in [5.41, 5.74) is 5.57. The van der Waals surface area contributed by atoms with E-state index in [1.165, 1.54) is 4.88 Å². The van der Waals surface area contributed by atoms with E-state index in [0.717, 1.165) is 53.9 Å². The van der Waals surface area contributed by atoms with Crippen LogP contribution >= 0.6 is 11.3 Å². The molecule has 8 nitrogen and oxygen atoms in total. The number of aliphatic hydroxyl groups is 1. The van der Waals surface area contributed by atoms with E-state index in [-0.39, 0.29) is 18.5 Å². The van der Waals surface area contributed by atoms with Gasteiger partial charge in [0.25, 0.3) is 0 Å². The first-order valence-electron chi connectivity index (χ1n) is 13.3. The van der Waals surface area contributed by atoms with Crippen molar-refractivity contribution in [2.75, 3.05) is 51.3 Å². The van der Waals surface area contributed by atoms with E-state index < -0.39 is 0 Å². The fraction of sp³-hybridized carbons (Fsp3) is 0.448. The zero-order valence-electron chi connectivity index (χ0n) is 22.5. The number of thiazole rings is 1. The van der Waals surface area contributed by atoms with Gasteiger partial charge < -0.3 is 19.6 Å². The van der Waals surface area contributed by atoms with Gasteiger partial charge in [0, 0.05) is 42.2 Å². The molecule has 1 saturated heterocycles. The van der Waals surface area contributed by atoms with Crippen LogP contribution in [-0.2, 0) is 4.84 Å². The largest absolute Gasteiger partial charge is 0.488 e. The van der Waals surface area contributed by atoms with Crippen LogP contribution in [0.1, 0.15) is 43.0 Å². The summed E-state index contributed by atoms with van der Waals surface area (Å²) in [5.74, 6) is 1.34. The predicted molar refractivity (Wildman–Crippen MR) is 154 cm³/mol. The summed E-state index contributed by atoms with van der Waals surface area (Å²) in [5, 5.41) is 18.9. The van der Waals surface area contributed by atoms with Crippen molar-refractivity contribution < 1.29 is 14.7 Å². The first kappa shape index (κ1) is 28.0. The van der Waals surface area contributed by atoms with Crippen molar-refractivity contribution in [2.45, 2.75) is 38.7 Å². The van der Waals surface area contributed by atoms with Crippen LogP contribution in [0, 0.1) is 5.41 Å². The number of hydrogen-bond acceptors (Lipinski definition) is 8. The number of likely N-dealkylation sites (N-methyl/N-ethyl adjacent to an activating group) is 1. The van der Waals surface area contributed by atoms with E-state index in [2.05, 4.69) is 48.3 Å². The van der Waals surface area contributed by atoms with Crippen molar-refractivity contribution in [3.8, 4) is 17.0 Å². The van der Waals surface area contributed by atoms with Crippen LogP contribution < -0.4 is 15.1 Å². The third-order valence-electron chi connectivity index (χ3n) is 6.58. The van der Waals surface area contributed by atoms with Crippen molar-refractivity contribution in [3.05, 3.63) is 65.0 Å². The summed E-state index contributed by atoms with van der Waals surface area (Å²) in [6.45, 7) is 8.90. The van der Waals surface area contributed by atoms with Gasteiger partial charge in [-0.1, -0.05) is 44.2 Å². The summed E-state index contributed by atoms with van der Waals surface area (Å²) < 4.78 is 6.04. The molecule has 0 amide bonds. The number of ether oxygens (including phenoxy) is 1. The smallest absolute Gasteiger partial charge is 0.186 e. The maximum absolute atomic E-state index is 9.82. The summed E-state index contributed by atoms with van der Waals surface area (Å²) in [6, 6.07) is 17.4. The normalized spacial score (nSPS) is 15.0. The highest BCUT2D eigenvalue weighted by molar-refractivity contribution is 7.16. The van der Waals surface area contributed by atoms with Crippen LogP contribution in [0.5, 0.6) is 5.75 Å². The Hall–Kier alpha value is -2.98. The van der Waals surface area contributed by atoms with E-state index in [0.29, 0.717) is 25.4 Å². The van der Waals surface area contributed by atoms with Crippen molar-refractivity contribution >= 4 is 22.3 Å². The second kappa shape index (κ2) is 13.7. The Morgan fingerprint density at radius 2 is 1.79 bits per heavy atom. The zero-order valence-corrected chi connectivity index (χ0v) is 23.3. The molecule has 0 bridgehead atoms. The minimum absolute atomic E-state index is 0.0764. The number of anilines is 1. The molecule has 2 heterocycles. The molecule has 0 aliphatic carbocycles. The van der Waals surface area contributed by atoms with Gasteiger partial charge in [0.05, 0.1) is 18.9 Å². The van der Waals surface area contributed by atoms with Gasteiger partial charge in [-0.3, -0.25) is 10.2 Å². The lowest BCUT2D eigenvalue weighted by Crippen LogP contribution is -2.44. The Morgan fingerprint density at radius 1 is 1.08 bits per heavy atom. The first-order chi connectivity index (χ1) is 18.4. The Kier molecular flexibility index (Phi) is 10.1. The average Bonchev–Trinajstić information content (AvgIpc) is 3.39. The van der Waals surface area contributed by atoms with Gasteiger partial charge in [-0.2, -0.15) is 0 Å². The van der Waals surface area contributed by atoms with E-state index in [4.69, 9.17) is 20.0 Å². The number of hydrogen-bond donors (Lipinski definition) is 3. The topological polar surface area (TPSA) is 93.9 Å². The number of amidine groups is 1. The minimum atomic E-state index is -0.327. The molecule has 1 aromatic heterocycles. The van der Waals surface area contributed by atoms with E-state index in [9.17, 15) is 5.11 Å². The number of aliphatic hydroxyl groups excluding tert-OH is 1. The molecule has 3 aromatic rings. The van der Waals surface area contributed by atoms with E-state index in [1.807, 2.05) is 42.5 Å². The van der Waals surface area contributed by atoms with E-state index in [1.54, 1.807) is 11.3 Å². The molecule has 1 unspecified atom stereocenters. The Labute approximate surface area is 229 Å². The minimum Gasteiger partial charge on any atom is -0.488 e. The molecule has 1 atom stereocenters. The highest BCUT2D eigenvalue weighted by atomic mass is 32.1. The van der Waals surface area contributed by atoms with Crippen molar-refractivity contribution in [3.63, 3.8) is 0 Å². The van der Waals surface area contributed by atoms with Crippen molar-refractivity contribution in [1.29, 1.82) is 5.41 Å². The number of rotatable bonds is 12. The molecule has 1 aliphatic rings. The Balaban J connectivity index is 1.29. The SMILES string of the molecule is CC(C)c1sc(N2CCN(C)CC2)nc1-c1ccc(OC(CO)CCCONC(=N)c2ccccc2)cc1. The standard InChI is InChI=1S/C29H39N5O3S/c1-21(2)27-26(31-29(38-27)34-17-15-33(3)16-18-34)22-11-13-24(14-12-22)37-25(20-35)10-7-19-36-32-28(30)23-8-5-4-6-9-23/h4-6,8-9,11-14,21,25,35H,7,10,15-20H2,1-3H3,(H2,30,32). The fourth-order valence-corrected chi connectivity index (χ4v) is 5.43. The molecule has 9 heteroatoms. The average molecular weight is 538 g/mol. The van der Waals surface area contributed by atoms with Gasteiger partial charge in [-0.25, -0.2) is 10.5 Å². The monoisotopic (exact) mass is 537 g/mol. The highest BCUT2D eigenvalue weighted by Gasteiger charge is 2.22. The van der Waals surface area contributed by atoms with Gasteiger partial charge in [0.1, 0.15) is 17.7 Å². The van der Waals surface area contributed by atoms with Gasteiger partial charge in [0.2, 0.25) is 0 Å². The third-order valence-corrected chi connectivity index (χ3v) is 8.00. The lowest BCUT2D eigenvalue weighted by atomic mass is 10.1. The van der Waals surface area contributed by atoms with Gasteiger partial charge in [-0.05, 0) is 50.1 Å². The lowest BCUT2D eigenvalue weighted by Gasteiger charge is -2.32. The number of benzene rings is 2. The number of aromatic nitrogens is 1. The molecule has 0 saturated carbocycles.